The Morgan fingerprint density at radius 3 is 2.57 bits per heavy atom. The predicted octanol–water partition coefficient (Wildman–Crippen LogP) is 1.61. The van der Waals surface area contributed by atoms with Gasteiger partial charge >= 0.3 is 5.97 Å². The van der Waals surface area contributed by atoms with Crippen molar-refractivity contribution >= 4 is 22.1 Å². The van der Waals surface area contributed by atoms with E-state index in [1.165, 1.54) is 43.8 Å². The summed E-state index contributed by atoms with van der Waals surface area (Å²) in [5.74, 6) is -0.524. The summed E-state index contributed by atoms with van der Waals surface area (Å²) < 4.78 is 30.0. The van der Waals surface area contributed by atoms with Crippen LogP contribution in [0.4, 0.5) is 0 Å². The van der Waals surface area contributed by atoms with Crippen LogP contribution in [0.25, 0.3) is 6.08 Å². The van der Waals surface area contributed by atoms with Crippen molar-refractivity contribution in [2.24, 2.45) is 0 Å². The van der Waals surface area contributed by atoms with Crippen molar-refractivity contribution in [3.05, 3.63) is 53.9 Å². The van der Waals surface area contributed by atoms with Crippen LogP contribution in [0.1, 0.15) is 11.1 Å². The first kappa shape index (κ1) is 15.0. The average molecular weight is 306 g/mol. The van der Waals surface area contributed by atoms with Crippen LogP contribution in [0.2, 0.25) is 0 Å². The Hall–Kier alpha value is -2.41. The van der Waals surface area contributed by atoms with Crippen molar-refractivity contribution in [2.75, 3.05) is 7.11 Å². The first-order chi connectivity index (χ1) is 9.93. The number of benzene rings is 1. The van der Waals surface area contributed by atoms with Gasteiger partial charge in [0.15, 0.2) is 0 Å². The Labute approximate surface area is 122 Å². The zero-order valence-corrected chi connectivity index (χ0v) is 12.4. The number of methoxy groups -OCH3 is 1. The lowest BCUT2D eigenvalue weighted by molar-refractivity contribution is -0.134. The van der Waals surface area contributed by atoms with Gasteiger partial charge in [0.25, 0.3) is 10.0 Å². The molecule has 6 nitrogen and oxygen atoms in total. The molecule has 0 bridgehead atoms. The minimum atomic E-state index is -3.72. The van der Waals surface area contributed by atoms with E-state index in [9.17, 15) is 13.2 Å². The molecule has 1 aromatic heterocycles. The third-order valence-corrected chi connectivity index (χ3v) is 4.32. The number of ether oxygens (including phenoxy) is 1. The van der Waals surface area contributed by atoms with Gasteiger partial charge < -0.3 is 4.74 Å². The highest BCUT2D eigenvalue weighted by Crippen LogP contribution is 2.14. The molecule has 0 atom stereocenters. The van der Waals surface area contributed by atoms with E-state index >= 15 is 0 Å². The summed E-state index contributed by atoms with van der Waals surface area (Å²) in [6.45, 7) is 1.88. The maximum absolute atomic E-state index is 12.3. The van der Waals surface area contributed by atoms with Crippen LogP contribution < -0.4 is 0 Å². The fourth-order valence-corrected chi connectivity index (χ4v) is 2.71. The lowest BCUT2D eigenvalue weighted by atomic mass is 10.2. The summed E-state index contributed by atoms with van der Waals surface area (Å²) in [6, 6.07) is 6.48. The zero-order chi connectivity index (χ0) is 15.5. The molecule has 0 aliphatic rings. The molecule has 0 unspecified atom stereocenters. The number of esters is 1. The Morgan fingerprint density at radius 1 is 1.29 bits per heavy atom. The van der Waals surface area contributed by atoms with E-state index in [1.807, 2.05) is 6.92 Å². The molecule has 110 valence electrons. The van der Waals surface area contributed by atoms with E-state index in [0.29, 0.717) is 5.56 Å². The molecule has 0 aliphatic heterocycles. The number of aryl methyl sites for hydroxylation is 1. The standard InChI is InChI=1S/C14H14N2O4S/c1-11-3-6-13(7-4-11)21(18,19)16-10-12(9-15-16)5-8-14(17)20-2/h3-10H,1-2H3/b8-5+. The van der Waals surface area contributed by atoms with Crippen molar-refractivity contribution in [2.45, 2.75) is 11.8 Å². The molecular weight excluding hydrogens is 292 g/mol. The van der Waals surface area contributed by atoms with Crippen LogP contribution in [0.5, 0.6) is 0 Å². The van der Waals surface area contributed by atoms with Gasteiger partial charge in [-0.2, -0.15) is 17.6 Å². The quantitative estimate of drug-likeness (QED) is 0.633. The van der Waals surface area contributed by atoms with E-state index in [-0.39, 0.29) is 4.90 Å². The lowest BCUT2D eigenvalue weighted by Gasteiger charge is -2.04. The predicted molar refractivity (Wildman–Crippen MR) is 77.0 cm³/mol. The van der Waals surface area contributed by atoms with Crippen LogP contribution in [-0.4, -0.2) is 30.7 Å². The molecule has 7 heteroatoms. The summed E-state index contributed by atoms with van der Waals surface area (Å²) in [6.07, 6.45) is 5.31. The fraction of sp³-hybridized carbons (Fsp3) is 0.143. The van der Waals surface area contributed by atoms with E-state index in [4.69, 9.17) is 0 Å². The van der Waals surface area contributed by atoms with Crippen molar-refractivity contribution in [1.29, 1.82) is 0 Å². The summed E-state index contributed by atoms with van der Waals surface area (Å²) in [5.41, 5.74) is 1.45. The first-order valence-electron chi connectivity index (χ1n) is 6.06. The van der Waals surface area contributed by atoms with Crippen LogP contribution in [-0.2, 0) is 19.6 Å². The molecular formula is C14H14N2O4S. The van der Waals surface area contributed by atoms with Crippen molar-refractivity contribution in [3.8, 4) is 0 Å². The topological polar surface area (TPSA) is 78.3 Å². The molecule has 2 rings (SSSR count). The van der Waals surface area contributed by atoms with Gasteiger partial charge in [0.2, 0.25) is 0 Å². The van der Waals surface area contributed by atoms with E-state index in [2.05, 4.69) is 9.84 Å². The zero-order valence-electron chi connectivity index (χ0n) is 11.6. The molecule has 0 aliphatic carbocycles. The smallest absolute Gasteiger partial charge is 0.330 e. The molecule has 21 heavy (non-hydrogen) atoms. The average Bonchev–Trinajstić information content (AvgIpc) is 2.95. The van der Waals surface area contributed by atoms with Gasteiger partial charge in [-0.25, -0.2) is 4.79 Å². The Morgan fingerprint density at radius 2 is 1.95 bits per heavy atom. The molecule has 0 fully saturated rings. The lowest BCUT2D eigenvalue weighted by Crippen LogP contribution is -2.13. The minimum Gasteiger partial charge on any atom is -0.466 e. The molecule has 0 saturated heterocycles. The second-order valence-electron chi connectivity index (χ2n) is 4.32. The van der Waals surface area contributed by atoms with E-state index in [1.54, 1.807) is 12.1 Å². The number of rotatable bonds is 4. The highest BCUT2D eigenvalue weighted by Gasteiger charge is 2.17. The maximum atomic E-state index is 12.3. The summed E-state index contributed by atoms with van der Waals surface area (Å²) in [5, 5.41) is 3.82. The molecule has 2 aromatic rings. The summed E-state index contributed by atoms with van der Waals surface area (Å²) in [7, 11) is -2.46. The Kier molecular flexibility index (Phi) is 4.23. The first-order valence-corrected chi connectivity index (χ1v) is 7.50. The van der Waals surface area contributed by atoms with Crippen LogP contribution >= 0.6 is 0 Å². The van der Waals surface area contributed by atoms with E-state index in [0.717, 1.165) is 9.65 Å². The van der Waals surface area contributed by atoms with Crippen molar-refractivity contribution in [1.82, 2.24) is 9.19 Å². The number of nitrogens with zero attached hydrogens (tertiary/aromatic N) is 2. The second-order valence-corrected chi connectivity index (χ2v) is 6.12. The van der Waals surface area contributed by atoms with Crippen molar-refractivity contribution < 1.29 is 17.9 Å². The molecule has 0 N–H and O–H groups in total. The van der Waals surface area contributed by atoms with Gasteiger partial charge in [-0.15, -0.1) is 0 Å². The fourth-order valence-electron chi connectivity index (χ4n) is 1.59. The van der Waals surface area contributed by atoms with Crippen LogP contribution in [0, 0.1) is 6.92 Å². The van der Waals surface area contributed by atoms with Gasteiger partial charge in [0.05, 0.1) is 24.4 Å². The maximum Gasteiger partial charge on any atom is 0.330 e. The van der Waals surface area contributed by atoms with Crippen LogP contribution in [0.15, 0.2) is 47.6 Å². The third kappa shape index (κ3) is 3.38. The summed E-state index contributed by atoms with van der Waals surface area (Å²) in [4.78, 5) is 11.1. The second kappa shape index (κ2) is 5.92. The number of carbonyl (C=O) groups is 1. The monoisotopic (exact) mass is 306 g/mol. The molecule has 0 saturated carbocycles. The minimum absolute atomic E-state index is 0.152. The number of carbonyl (C=O) groups excluding carboxylic acids is 1. The van der Waals surface area contributed by atoms with Crippen LogP contribution in [0.3, 0.4) is 0 Å². The van der Waals surface area contributed by atoms with Gasteiger partial charge in [-0.1, -0.05) is 17.7 Å². The normalized spacial score (nSPS) is 11.7. The number of hydrogen-bond donors (Lipinski definition) is 0. The summed E-state index contributed by atoms with van der Waals surface area (Å²) >= 11 is 0. The molecule has 0 radical (unpaired) electrons. The Bertz CT molecular complexity index is 774. The largest absolute Gasteiger partial charge is 0.466 e. The van der Waals surface area contributed by atoms with Gasteiger partial charge in [-0.05, 0) is 25.1 Å². The number of aromatic nitrogens is 2. The highest BCUT2D eigenvalue weighted by atomic mass is 32.2. The van der Waals surface area contributed by atoms with Gasteiger partial charge in [0, 0.05) is 11.6 Å². The van der Waals surface area contributed by atoms with Gasteiger partial charge in [0.1, 0.15) is 0 Å². The molecule has 1 aromatic carbocycles. The molecule has 0 amide bonds. The molecule has 1 heterocycles. The van der Waals surface area contributed by atoms with Gasteiger partial charge in [-0.3, -0.25) is 0 Å². The van der Waals surface area contributed by atoms with Crippen molar-refractivity contribution in [3.63, 3.8) is 0 Å². The molecule has 0 spiro atoms. The Balaban J connectivity index is 2.30. The number of hydrogen-bond acceptors (Lipinski definition) is 5. The third-order valence-electron chi connectivity index (χ3n) is 2.76. The highest BCUT2D eigenvalue weighted by molar-refractivity contribution is 7.89. The van der Waals surface area contributed by atoms with E-state index < -0.39 is 16.0 Å². The SMILES string of the molecule is COC(=O)/C=C/c1cnn(S(=O)(=O)c2ccc(C)cc2)c1.